The highest BCUT2D eigenvalue weighted by Crippen LogP contribution is 2.01. The average Bonchev–Trinajstić information content (AvgIpc) is 2.27. The second-order valence-corrected chi connectivity index (χ2v) is 3.70. The van der Waals surface area contributed by atoms with Crippen molar-refractivity contribution in [2.24, 2.45) is 5.92 Å². The van der Waals surface area contributed by atoms with Gasteiger partial charge in [-0.2, -0.15) is 4.39 Å². The van der Waals surface area contributed by atoms with Crippen molar-refractivity contribution in [3.63, 3.8) is 0 Å². The van der Waals surface area contributed by atoms with E-state index in [0.29, 0.717) is 18.5 Å². The molecular weight excluding hydrogens is 211 g/mol. The van der Waals surface area contributed by atoms with Crippen molar-refractivity contribution in [1.82, 2.24) is 10.3 Å². The topological polar surface area (TPSA) is 62.2 Å². The zero-order chi connectivity index (χ0) is 12.0. The van der Waals surface area contributed by atoms with Gasteiger partial charge in [-0.25, -0.2) is 4.98 Å². The van der Waals surface area contributed by atoms with E-state index in [1.807, 2.05) is 6.92 Å². The third kappa shape index (κ3) is 3.94. The molecule has 5 heteroatoms. The Kier molecular flexibility index (Phi) is 4.85. The molecule has 1 rings (SSSR count). The maximum Gasteiger partial charge on any atom is 0.252 e. The lowest BCUT2D eigenvalue weighted by atomic mass is 10.1. The number of rotatable bonds is 5. The van der Waals surface area contributed by atoms with Gasteiger partial charge < -0.3 is 10.4 Å². The fourth-order valence-corrected chi connectivity index (χ4v) is 1.20. The number of pyridine rings is 1. The first-order valence-corrected chi connectivity index (χ1v) is 5.14. The van der Waals surface area contributed by atoms with Crippen molar-refractivity contribution in [2.75, 3.05) is 13.2 Å². The molecule has 0 aliphatic heterocycles. The lowest BCUT2D eigenvalue weighted by Crippen LogP contribution is -2.28. The Morgan fingerprint density at radius 2 is 2.38 bits per heavy atom. The Morgan fingerprint density at radius 1 is 1.62 bits per heavy atom. The molecule has 0 aromatic carbocycles. The van der Waals surface area contributed by atoms with Gasteiger partial charge in [0, 0.05) is 19.3 Å². The smallest absolute Gasteiger partial charge is 0.252 e. The van der Waals surface area contributed by atoms with Gasteiger partial charge in [-0.15, -0.1) is 0 Å². The maximum atomic E-state index is 12.5. The summed E-state index contributed by atoms with van der Waals surface area (Å²) in [6, 6.07) is 2.53. The molecule has 88 valence electrons. The Hall–Kier alpha value is -1.49. The number of carbonyl (C=O) groups excluding carboxylic acids is 1. The molecule has 0 bridgehead atoms. The summed E-state index contributed by atoms with van der Waals surface area (Å²) in [6.07, 6.45) is 1.84. The molecule has 0 fully saturated rings. The van der Waals surface area contributed by atoms with Crippen LogP contribution in [0.25, 0.3) is 0 Å². The number of halogens is 1. The highest BCUT2D eigenvalue weighted by atomic mass is 19.1. The molecule has 0 saturated heterocycles. The van der Waals surface area contributed by atoms with E-state index in [1.165, 1.54) is 12.3 Å². The number of aliphatic hydroxyl groups excluding tert-OH is 1. The largest absolute Gasteiger partial charge is 0.396 e. The number of aromatic nitrogens is 1. The van der Waals surface area contributed by atoms with E-state index in [9.17, 15) is 9.18 Å². The van der Waals surface area contributed by atoms with E-state index in [1.54, 1.807) is 0 Å². The number of nitrogens with one attached hydrogen (secondary N) is 1. The first-order valence-electron chi connectivity index (χ1n) is 5.14. The zero-order valence-corrected chi connectivity index (χ0v) is 9.11. The van der Waals surface area contributed by atoms with Crippen LogP contribution in [0.15, 0.2) is 18.3 Å². The number of aliphatic hydroxyl groups is 1. The van der Waals surface area contributed by atoms with Gasteiger partial charge in [0.2, 0.25) is 5.95 Å². The Morgan fingerprint density at radius 3 is 2.94 bits per heavy atom. The monoisotopic (exact) mass is 226 g/mol. The standard InChI is InChI=1S/C11H15FN2O2/c1-8(4-5-15)6-14-11(16)9-2-3-10(12)13-7-9/h2-3,7-8,15H,4-6H2,1H3,(H,14,16). The van der Waals surface area contributed by atoms with Crippen molar-refractivity contribution in [3.05, 3.63) is 29.8 Å². The van der Waals surface area contributed by atoms with Crippen LogP contribution in [0.3, 0.4) is 0 Å². The summed E-state index contributed by atoms with van der Waals surface area (Å²) in [7, 11) is 0. The maximum absolute atomic E-state index is 12.5. The fraction of sp³-hybridized carbons (Fsp3) is 0.455. The first-order chi connectivity index (χ1) is 7.63. The van der Waals surface area contributed by atoms with E-state index in [2.05, 4.69) is 10.3 Å². The zero-order valence-electron chi connectivity index (χ0n) is 9.11. The summed E-state index contributed by atoms with van der Waals surface area (Å²) in [5.74, 6) is -0.676. The van der Waals surface area contributed by atoms with E-state index >= 15 is 0 Å². The molecule has 1 unspecified atom stereocenters. The molecule has 1 aromatic rings. The third-order valence-electron chi connectivity index (χ3n) is 2.22. The molecule has 2 N–H and O–H groups in total. The number of carbonyl (C=O) groups is 1. The van der Waals surface area contributed by atoms with Crippen molar-refractivity contribution in [1.29, 1.82) is 0 Å². The Bertz CT molecular complexity index is 340. The van der Waals surface area contributed by atoms with E-state index in [4.69, 9.17) is 5.11 Å². The van der Waals surface area contributed by atoms with E-state index in [0.717, 1.165) is 6.07 Å². The lowest BCUT2D eigenvalue weighted by Gasteiger charge is -2.10. The molecular formula is C11H15FN2O2. The normalized spacial score (nSPS) is 12.2. The summed E-state index contributed by atoms with van der Waals surface area (Å²) in [5, 5.41) is 11.4. The predicted molar refractivity (Wildman–Crippen MR) is 57.4 cm³/mol. The van der Waals surface area contributed by atoms with Crippen LogP contribution >= 0.6 is 0 Å². The Balaban J connectivity index is 2.43. The summed E-state index contributed by atoms with van der Waals surface area (Å²) in [4.78, 5) is 14.9. The molecule has 4 nitrogen and oxygen atoms in total. The van der Waals surface area contributed by atoms with Crippen LogP contribution in [0.2, 0.25) is 0 Å². The minimum Gasteiger partial charge on any atom is -0.396 e. The summed E-state index contributed by atoms with van der Waals surface area (Å²) < 4.78 is 12.5. The molecule has 1 aromatic heterocycles. The lowest BCUT2D eigenvalue weighted by molar-refractivity contribution is 0.0945. The predicted octanol–water partition coefficient (Wildman–Crippen LogP) is 0.969. The van der Waals surface area contributed by atoms with Crippen molar-refractivity contribution < 1.29 is 14.3 Å². The van der Waals surface area contributed by atoms with Crippen LogP contribution in [-0.2, 0) is 0 Å². The van der Waals surface area contributed by atoms with Crippen LogP contribution < -0.4 is 5.32 Å². The number of hydrogen-bond acceptors (Lipinski definition) is 3. The Labute approximate surface area is 93.5 Å². The van der Waals surface area contributed by atoms with Gasteiger partial charge in [0.15, 0.2) is 0 Å². The minimum absolute atomic E-state index is 0.106. The first kappa shape index (κ1) is 12.6. The number of nitrogens with zero attached hydrogens (tertiary/aromatic N) is 1. The third-order valence-corrected chi connectivity index (χ3v) is 2.22. The number of amides is 1. The highest BCUT2D eigenvalue weighted by Gasteiger charge is 2.07. The second kappa shape index (κ2) is 6.17. The second-order valence-electron chi connectivity index (χ2n) is 3.70. The van der Waals surface area contributed by atoms with Gasteiger partial charge in [-0.1, -0.05) is 6.92 Å². The van der Waals surface area contributed by atoms with E-state index < -0.39 is 5.95 Å². The van der Waals surface area contributed by atoms with Crippen LogP contribution in [0.4, 0.5) is 4.39 Å². The van der Waals surface area contributed by atoms with Gasteiger partial charge in [0.05, 0.1) is 5.56 Å². The molecule has 1 amide bonds. The molecule has 0 aliphatic rings. The SMILES string of the molecule is CC(CCO)CNC(=O)c1ccc(F)nc1. The van der Waals surface area contributed by atoms with E-state index in [-0.39, 0.29) is 18.4 Å². The van der Waals surface area contributed by atoms with Crippen molar-refractivity contribution >= 4 is 5.91 Å². The van der Waals surface area contributed by atoms with Gasteiger partial charge >= 0.3 is 0 Å². The molecule has 1 atom stereocenters. The van der Waals surface area contributed by atoms with Crippen LogP contribution in [0.5, 0.6) is 0 Å². The summed E-state index contributed by atoms with van der Waals surface area (Å²) in [6.45, 7) is 2.52. The van der Waals surface area contributed by atoms with Gasteiger partial charge in [0.1, 0.15) is 0 Å². The van der Waals surface area contributed by atoms with Crippen LogP contribution in [0, 0.1) is 11.9 Å². The molecule has 16 heavy (non-hydrogen) atoms. The summed E-state index contributed by atoms with van der Waals surface area (Å²) in [5.41, 5.74) is 0.331. The van der Waals surface area contributed by atoms with Crippen LogP contribution in [0.1, 0.15) is 23.7 Å². The van der Waals surface area contributed by atoms with Gasteiger partial charge in [0.25, 0.3) is 5.91 Å². The molecule has 0 aliphatic carbocycles. The fourth-order valence-electron chi connectivity index (χ4n) is 1.20. The van der Waals surface area contributed by atoms with Gasteiger partial charge in [-0.05, 0) is 24.5 Å². The molecule has 1 heterocycles. The molecule has 0 saturated carbocycles. The van der Waals surface area contributed by atoms with Crippen molar-refractivity contribution in [2.45, 2.75) is 13.3 Å². The van der Waals surface area contributed by atoms with Crippen molar-refractivity contribution in [3.8, 4) is 0 Å². The van der Waals surface area contributed by atoms with Crippen LogP contribution in [-0.4, -0.2) is 29.1 Å². The molecule has 0 spiro atoms. The highest BCUT2D eigenvalue weighted by molar-refractivity contribution is 5.93. The average molecular weight is 226 g/mol. The number of hydrogen-bond donors (Lipinski definition) is 2. The summed E-state index contributed by atoms with van der Waals surface area (Å²) >= 11 is 0. The quantitative estimate of drug-likeness (QED) is 0.735. The molecule has 0 radical (unpaired) electrons. The van der Waals surface area contributed by atoms with Gasteiger partial charge in [-0.3, -0.25) is 4.79 Å². The minimum atomic E-state index is -0.606.